The summed E-state index contributed by atoms with van der Waals surface area (Å²) in [5, 5.41) is 0. The van der Waals surface area contributed by atoms with Gasteiger partial charge in [0.2, 0.25) is 0 Å². The van der Waals surface area contributed by atoms with Gasteiger partial charge in [0.1, 0.15) is 0 Å². The third-order valence-electron chi connectivity index (χ3n) is 2.31. The molecule has 1 aromatic rings. The van der Waals surface area contributed by atoms with Gasteiger partial charge in [-0.2, -0.15) is 0 Å². The third kappa shape index (κ3) is 6.13. The highest BCUT2D eigenvalue weighted by Crippen LogP contribution is 2.06. The molecule has 0 heterocycles. The fourth-order valence-corrected chi connectivity index (χ4v) is 1.42. The Morgan fingerprint density at radius 1 is 1.00 bits per heavy atom. The first kappa shape index (κ1) is 12.1. The smallest absolute Gasteiger partial charge is 0.0746 e. The van der Waals surface area contributed by atoms with Gasteiger partial charge in [-0.25, -0.2) is 0 Å². The van der Waals surface area contributed by atoms with Crippen LogP contribution in [0.2, 0.25) is 0 Å². The van der Waals surface area contributed by atoms with Crippen LogP contribution in [-0.2, 0) is 4.84 Å². The number of nitrogens with one attached hydrogen (secondary N) is 1. The molecule has 0 aliphatic heterocycles. The van der Waals surface area contributed by atoms with E-state index in [0.717, 1.165) is 18.7 Å². The maximum Gasteiger partial charge on any atom is 0.0746 e. The quantitative estimate of drug-likeness (QED) is 0.514. The lowest BCUT2D eigenvalue weighted by molar-refractivity contribution is 0.187. The standard InChI is InChI=1S/C13H21NO/c1-2-3-4-5-9-12-15-14-13-10-7-6-8-11-13/h6-8,10-11,14H,2-5,9,12H2,1H3. The highest BCUT2D eigenvalue weighted by molar-refractivity contribution is 5.39. The van der Waals surface area contributed by atoms with Gasteiger partial charge in [-0.3, -0.25) is 10.3 Å². The molecule has 0 aliphatic rings. The lowest BCUT2D eigenvalue weighted by Crippen LogP contribution is -2.02. The molecule has 2 nitrogen and oxygen atoms in total. The number of hydrogen-bond donors (Lipinski definition) is 1. The van der Waals surface area contributed by atoms with E-state index < -0.39 is 0 Å². The summed E-state index contributed by atoms with van der Waals surface area (Å²) in [6.07, 6.45) is 6.37. The Labute approximate surface area is 92.6 Å². The minimum Gasteiger partial charge on any atom is -0.276 e. The van der Waals surface area contributed by atoms with Crippen LogP contribution in [0.4, 0.5) is 5.69 Å². The second-order valence-electron chi connectivity index (χ2n) is 3.73. The summed E-state index contributed by atoms with van der Waals surface area (Å²) in [5.41, 5.74) is 3.96. The zero-order valence-corrected chi connectivity index (χ0v) is 9.54. The highest BCUT2D eigenvalue weighted by Gasteiger charge is 1.91. The van der Waals surface area contributed by atoms with Gasteiger partial charge in [0, 0.05) is 0 Å². The van der Waals surface area contributed by atoms with Crippen LogP contribution < -0.4 is 5.48 Å². The molecular formula is C13H21NO. The van der Waals surface area contributed by atoms with Crippen molar-refractivity contribution in [1.29, 1.82) is 0 Å². The van der Waals surface area contributed by atoms with Crippen LogP contribution in [0.15, 0.2) is 30.3 Å². The molecule has 0 saturated heterocycles. The first-order valence-corrected chi connectivity index (χ1v) is 5.86. The molecule has 1 N–H and O–H groups in total. The average Bonchev–Trinajstić information content (AvgIpc) is 2.29. The molecular weight excluding hydrogens is 186 g/mol. The fraction of sp³-hybridized carbons (Fsp3) is 0.538. The van der Waals surface area contributed by atoms with Crippen molar-refractivity contribution < 1.29 is 4.84 Å². The van der Waals surface area contributed by atoms with E-state index in [1.165, 1.54) is 25.7 Å². The molecule has 0 atom stereocenters. The molecule has 0 saturated carbocycles. The molecule has 0 aliphatic carbocycles. The first-order chi connectivity index (χ1) is 7.43. The Bertz CT molecular complexity index is 236. The molecule has 0 unspecified atom stereocenters. The Balaban J connectivity index is 1.93. The molecule has 0 amide bonds. The lowest BCUT2D eigenvalue weighted by Gasteiger charge is -2.06. The molecule has 2 heteroatoms. The van der Waals surface area contributed by atoms with E-state index in [2.05, 4.69) is 12.4 Å². The van der Waals surface area contributed by atoms with Crippen LogP contribution in [0.1, 0.15) is 39.0 Å². The topological polar surface area (TPSA) is 21.3 Å². The minimum atomic E-state index is 0.790. The number of hydrogen-bond acceptors (Lipinski definition) is 2. The summed E-state index contributed by atoms with van der Waals surface area (Å²) in [7, 11) is 0. The predicted octanol–water partition coefficient (Wildman–Crippen LogP) is 4.00. The van der Waals surface area contributed by atoms with E-state index in [1.807, 2.05) is 30.3 Å². The number of rotatable bonds is 8. The maximum absolute atomic E-state index is 5.35. The van der Waals surface area contributed by atoms with Gasteiger partial charge in [0.15, 0.2) is 0 Å². The largest absolute Gasteiger partial charge is 0.276 e. The van der Waals surface area contributed by atoms with Crippen molar-refractivity contribution >= 4 is 5.69 Å². The second-order valence-corrected chi connectivity index (χ2v) is 3.73. The van der Waals surface area contributed by atoms with Crippen molar-refractivity contribution in [2.45, 2.75) is 39.0 Å². The minimum absolute atomic E-state index is 0.790. The molecule has 0 fully saturated rings. The number of anilines is 1. The van der Waals surface area contributed by atoms with Gasteiger partial charge < -0.3 is 0 Å². The predicted molar refractivity (Wildman–Crippen MR) is 64.8 cm³/mol. The van der Waals surface area contributed by atoms with Crippen molar-refractivity contribution in [3.05, 3.63) is 30.3 Å². The Hall–Kier alpha value is -1.02. The van der Waals surface area contributed by atoms with Crippen molar-refractivity contribution in [2.75, 3.05) is 12.1 Å². The van der Waals surface area contributed by atoms with E-state index >= 15 is 0 Å². The Morgan fingerprint density at radius 3 is 2.47 bits per heavy atom. The molecule has 0 spiro atoms. The summed E-state index contributed by atoms with van der Waals surface area (Å²) >= 11 is 0. The first-order valence-electron chi connectivity index (χ1n) is 5.86. The van der Waals surface area contributed by atoms with Crippen LogP contribution in [0.25, 0.3) is 0 Å². The number of para-hydroxylation sites is 1. The summed E-state index contributed by atoms with van der Waals surface area (Å²) in [6.45, 7) is 3.02. The van der Waals surface area contributed by atoms with Crippen LogP contribution >= 0.6 is 0 Å². The number of benzene rings is 1. The molecule has 1 aromatic carbocycles. The molecule has 0 bridgehead atoms. The molecule has 0 radical (unpaired) electrons. The van der Waals surface area contributed by atoms with Crippen LogP contribution in [-0.4, -0.2) is 6.61 Å². The van der Waals surface area contributed by atoms with Crippen molar-refractivity contribution in [3.8, 4) is 0 Å². The SMILES string of the molecule is CCCCCCCONc1ccccc1. The van der Waals surface area contributed by atoms with Gasteiger partial charge in [0.25, 0.3) is 0 Å². The summed E-state index contributed by atoms with van der Waals surface area (Å²) in [4.78, 5) is 5.35. The monoisotopic (exact) mass is 207 g/mol. The molecule has 15 heavy (non-hydrogen) atoms. The maximum atomic E-state index is 5.35. The van der Waals surface area contributed by atoms with E-state index in [4.69, 9.17) is 4.84 Å². The van der Waals surface area contributed by atoms with Gasteiger partial charge in [-0.15, -0.1) is 0 Å². The number of unbranched alkanes of at least 4 members (excludes halogenated alkanes) is 4. The van der Waals surface area contributed by atoms with E-state index in [0.29, 0.717) is 0 Å². The Morgan fingerprint density at radius 2 is 1.73 bits per heavy atom. The summed E-state index contributed by atoms with van der Waals surface area (Å²) < 4.78 is 0. The van der Waals surface area contributed by atoms with Crippen molar-refractivity contribution in [3.63, 3.8) is 0 Å². The average molecular weight is 207 g/mol. The van der Waals surface area contributed by atoms with E-state index in [1.54, 1.807) is 0 Å². The van der Waals surface area contributed by atoms with Crippen LogP contribution in [0.3, 0.4) is 0 Å². The second kappa shape index (κ2) is 8.30. The molecule has 1 rings (SSSR count). The summed E-state index contributed by atoms with van der Waals surface area (Å²) in [5.74, 6) is 0. The lowest BCUT2D eigenvalue weighted by atomic mass is 10.2. The summed E-state index contributed by atoms with van der Waals surface area (Å²) in [6, 6.07) is 9.98. The van der Waals surface area contributed by atoms with Crippen LogP contribution in [0.5, 0.6) is 0 Å². The Kier molecular flexibility index (Phi) is 6.67. The normalized spacial score (nSPS) is 10.2. The van der Waals surface area contributed by atoms with Crippen LogP contribution in [0, 0.1) is 0 Å². The van der Waals surface area contributed by atoms with Gasteiger partial charge >= 0.3 is 0 Å². The van der Waals surface area contributed by atoms with Gasteiger partial charge in [0.05, 0.1) is 12.3 Å². The zero-order valence-electron chi connectivity index (χ0n) is 9.54. The zero-order chi connectivity index (χ0) is 10.8. The van der Waals surface area contributed by atoms with Gasteiger partial charge in [-0.05, 0) is 18.6 Å². The molecule has 84 valence electrons. The van der Waals surface area contributed by atoms with Crippen molar-refractivity contribution in [2.24, 2.45) is 0 Å². The van der Waals surface area contributed by atoms with E-state index in [9.17, 15) is 0 Å². The third-order valence-corrected chi connectivity index (χ3v) is 2.31. The van der Waals surface area contributed by atoms with E-state index in [-0.39, 0.29) is 0 Å². The molecule has 0 aromatic heterocycles. The highest BCUT2D eigenvalue weighted by atomic mass is 16.6. The van der Waals surface area contributed by atoms with Gasteiger partial charge in [-0.1, -0.05) is 50.8 Å². The fourth-order valence-electron chi connectivity index (χ4n) is 1.42. The van der Waals surface area contributed by atoms with Crippen molar-refractivity contribution in [1.82, 2.24) is 0 Å².